The van der Waals surface area contributed by atoms with Crippen molar-refractivity contribution in [1.82, 2.24) is 15.0 Å². The van der Waals surface area contributed by atoms with Gasteiger partial charge in [-0.1, -0.05) is 6.92 Å². The van der Waals surface area contributed by atoms with E-state index in [1.165, 1.54) is 24.4 Å². The molecule has 6 nitrogen and oxygen atoms in total. The molecule has 0 radical (unpaired) electrons. The molecule has 19 heavy (non-hydrogen) atoms. The summed E-state index contributed by atoms with van der Waals surface area (Å²) in [5.74, 6) is -0.0416. The average Bonchev–Trinajstić information content (AvgIpc) is 2.78. The second kappa shape index (κ2) is 5.75. The number of esters is 1. The molecule has 2 aromatic rings. The van der Waals surface area contributed by atoms with E-state index in [1.54, 1.807) is 11.3 Å². The van der Waals surface area contributed by atoms with E-state index in [4.69, 9.17) is 0 Å². The molecule has 0 aliphatic rings. The van der Waals surface area contributed by atoms with Crippen LogP contribution in [0.4, 0.5) is 10.9 Å². The van der Waals surface area contributed by atoms with Crippen LogP contribution in [-0.4, -0.2) is 28.0 Å². The Hall–Kier alpha value is -2.02. The van der Waals surface area contributed by atoms with Gasteiger partial charge in [0.25, 0.3) is 0 Å². The summed E-state index contributed by atoms with van der Waals surface area (Å²) in [5, 5.41) is 3.79. The largest absolute Gasteiger partial charge is 0.464 e. The SMILES string of the molecule is CCc1nc(Nc2cncc(C(=O)OC)n2)sc1C. The van der Waals surface area contributed by atoms with E-state index < -0.39 is 5.97 Å². The monoisotopic (exact) mass is 278 g/mol. The number of hydrogen-bond acceptors (Lipinski definition) is 7. The normalized spacial score (nSPS) is 10.3. The number of nitrogens with zero attached hydrogens (tertiary/aromatic N) is 3. The molecule has 0 aliphatic carbocycles. The van der Waals surface area contributed by atoms with Crippen LogP contribution in [0.15, 0.2) is 12.4 Å². The first kappa shape index (κ1) is 13.4. The van der Waals surface area contributed by atoms with Crippen molar-refractivity contribution in [3.8, 4) is 0 Å². The molecule has 0 spiro atoms. The summed E-state index contributed by atoms with van der Waals surface area (Å²) in [6, 6.07) is 0. The topological polar surface area (TPSA) is 77.0 Å². The van der Waals surface area contributed by atoms with Gasteiger partial charge in [0.15, 0.2) is 16.6 Å². The molecule has 0 saturated heterocycles. The molecule has 2 rings (SSSR count). The van der Waals surface area contributed by atoms with Gasteiger partial charge in [-0.3, -0.25) is 4.98 Å². The zero-order valence-electron chi connectivity index (χ0n) is 10.9. The van der Waals surface area contributed by atoms with Crippen LogP contribution in [0.5, 0.6) is 0 Å². The van der Waals surface area contributed by atoms with Gasteiger partial charge < -0.3 is 10.1 Å². The summed E-state index contributed by atoms with van der Waals surface area (Å²) in [5.41, 5.74) is 1.22. The summed E-state index contributed by atoms with van der Waals surface area (Å²) in [4.78, 5) is 25.0. The van der Waals surface area contributed by atoms with Crippen LogP contribution >= 0.6 is 11.3 Å². The van der Waals surface area contributed by atoms with Gasteiger partial charge in [0, 0.05) is 4.88 Å². The van der Waals surface area contributed by atoms with Crippen LogP contribution in [0.1, 0.15) is 28.0 Å². The number of hydrogen-bond donors (Lipinski definition) is 1. The number of ether oxygens (including phenoxy) is 1. The van der Waals surface area contributed by atoms with E-state index in [0.717, 1.165) is 17.2 Å². The lowest BCUT2D eigenvalue weighted by Gasteiger charge is -2.02. The van der Waals surface area contributed by atoms with Gasteiger partial charge in [0.05, 0.1) is 25.2 Å². The van der Waals surface area contributed by atoms with Crippen LogP contribution in [0.2, 0.25) is 0 Å². The summed E-state index contributed by atoms with van der Waals surface area (Å²) < 4.78 is 4.60. The van der Waals surface area contributed by atoms with Crippen molar-refractivity contribution in [3.05, 3.63) is 28.7 Å². The molecule has 0 unspecified atom stereocenters. The maximum absolute atomic E-state index is 11.4. The molecule has 0 amide bonds. The number of nitrogens with one attached hydrogen (secondary N) is 1. The maximum Gasteiger partial charge on any atom is 0.358 e. The highest BCUT2D eigenvalue weighted by Gasteiger charge is 2.10. The standard InChI is InChI=1S/C12H14N4O2S/c1-4-8-7(2)19-12(15-8)16-10-6-13-5-9(14-10)11(17)18-3/h5-6H,4H2,1-3H3,(H,14,15,16). The first-order valence-corrected chi connectivity index (χ1v) is 6.59. The predicted octanol–water partition coefficient (Wildman–Crippen LogP) is 2.33. The average molecular weight is 278 g/mol. The molecular weight excluding hydrogens is 264 g/mol. The van der Waals surface area contributed by atoms with Gasteiger partial charge in [0.1, 0.15) is 0 Å². The first-order chi connectivity index (χ1) is 9.13. The van der Waals surface area contributed by atoms with Crippen molar-refractivity contribution in [2.75, 3.05) is 12.4 Å². The molecular formula is C12H14N4O2S. The quantitative estimate of drug-likeness (QED) is 0.865. The molecule has 2 heterocycles. The summed E-state index contributed by atoms with van der Waals surface area (Å²) in [7, 11) is 1.31. The highest BCUT2D eigenvalue weighted by Crippen LogP contribution is 2.24. The molecule has 2 aromatic heterocycles. The fraction of sp³-hybridized carbons (Fsp3) is 0.333. The molecule has 7 heteroatoms. The van der Waals surface area contributed by atoms with E-state index >= 15 is 0 Å². The minimum Gasteiger partial charge on any atom is -0.464 e. The Bertz CT molecular complexity index is 597. The van der Waals surface area contributed by atoms with E-state index in [2.05, 4.69) is 31.9 Å². The van der Waals surface area contributed by atoms with Gasteiger partial charge in [-0.2, -0.15) is 0 Å². The van der Waals surface area contributed by atoms with Gasteiger partial charge in [-0.25, -0.2) is 14.8 Å². The lowest BCUT2D eigenvalue weighted by molar-refractivity contribution is 0.0593. The summed E-state index contributed by atoms with van der Waals surface area (Å²) in [6.07, 6.45) is 3.79. The van der Waals surface area contributed by atoms with Gasteiger partial charge in [-0.15, -0.1) is 11.3 Å². The number of aromatic nitrogens is 3. The Morgan fingerprint density at radius 3 is 2.84 bits per heavy atom. The number of rotatable bonds is 4. The molecule has 0 aromatic carbocycles. The lowest BCUT2D eigenvalue weighted by atomic mass is 10.3. The van der Waals surface area contributed by atoms with Gasteiger partial charge >= 0.3 is 5.97 Å². The van der Waals surface area contributed by atoms with Crippen LogP contribution in [0.25, 0.3) is 0 Å². The summed E-state index contributed by atoms with van der Waals surface area (Å²) >= 11 is 1.55. The third-order valence-electron chi connectivity index (χ3n) is 2.49. The molecule has 0 atom stereocenters. The molecule has 0 aliphatic heterocycles. The van der Waals surface area contributed by atoms with Crippen molar-refractivity contribution >= 4 is 28.3 Å². The predicted molar refractivity (Wildman–Crippen MR) is 72.9 cm³/mol. The smallest absolute Gasteiger partial charge is 0.358 e. The fourth-order valence-corrected chi connectivity index (χ4v) is 2.46. The Labute approximate surface area is 114 Å². The van der Waals surface area contributed by atoms with Gasteiger partial charge in [-0.05, 0) is 13.3 Å². The number of carbonyl (C=O) groups excluding carboxylic acids is 1. The Kier molecular flexibility index (Phi) is 4.06. The van der Waals surface area contributed by atoms with E-state index in [1.807, 2.05) is 6.92 Å². The fourth-order valence-electron chi connectivity index (χ4n) is 1.55. The molecule has 0 saturated carbocycles. The first-order valence-electron chi connectivity index (χ1n) is 5.77. The number of carbonyl (C=O) groups is 1. The second-order valence-electron chi connectivity index (χ2n) is 3.78. The zero-order valence-corrected chi connectivity index (χ0v) is 11.7. The van der Waals surface area contributed by atoms with Gasteiger partial charge in [0.2, 0.25) is 0 Å². The van der Waals surface area contributed by atoms with E-state index in [0.29, 0.717) is 5.82 Å². The summed E-state index contributed by atoms with van der Waals surface area (Å²) in [6.45, 7) is 4.09. The third kappa shape index (κ3) is 3.05. The Morgan fingerprint density at radius 2 is 2.21 bits per heavy atom. The van der Waals surface area contributed by atoms with Crippen molar-refractivity contribution in [2.24, 2.45) is 0 Å². The van der Waals surface area contributed by atoms with E-state index in [9.17, 15) is 4.79 Å². The number of thiazole rings is 1. The van der Waals surface area contributed by atoms with Crippen LogP contribution < -0.4 is 5.32 Å². The molecule has 0 bridgehead atoms. The van der Waals surface area contributed by atoms with Crippen LogP contribution in [0, 0.1) is 6.92 Å². The Morgan fingerprint density at radius 1 is 1.42 bits per heavy atom. The van der Waals surface area contributed by atoms with Crippen LogP contribution in [-0.2, 0) is 11.2 Å². The van der Waals surface area contributed by atoms with Crippen molar-refractivity contribution < 1.29 is 9.53 Å². The van der Waals surface area contributed by atoms with E-state index in [-0.39, 0.29) is 5.69 Å². The lowest BCUT2D eigenvalue weighted by Crippen LogP contribution is -2.06. The minimum atomic E-state index is -0.513. The number of anilines is 2. The highest BCUT2D eigenvalue weighted by atomic mass is 32.1. The molecule has 100 valence electrons. The zero-order chi connectivity index (χ0) is 13.8. The minimum absolute atomic E-state index is 0.163. The Balaban J connectivity index is 2.20. The maximum atomic E-state index is 11.4. The molecule has 0 fully saturated rings. The number of methoxy groups -OCH3 is 1. The van der Waals surface area contributed by atoms with Crippen molar-refractivity contribution in [2.45, 2.75) is 20.3 Å². The highest BCUT2D eigenvalue weighted by molar-refractivity contribution is 7.15. The van der Waals surface area contributed by atoms with Crippen LogP contribution in [0.3, 0.4) is 0 Å². The molecule has 1 N–H and O–H groups in total. The van der Waals surface area contributed by atoms with Crippen molar-refractivity contribution in [1.29, 1.82) is 0 Å². The van der Waals surface area contributed by atoms with Crippen molar-refractivity contribution in [3.63, 3.8) is 0 Å². The number of aryl methyl sites for hydroxylation is 2. The third-order valence-corrected chi connectivity index (χ3v) is 3.42. The second-order valence-corrected chi connectivity index (χ2v) is 4.98.